The number of carbonyl (C=O) groups is 1. The number of nitriles is 1. The average Bonchev–Trinajstić information content (AvgIpc) is 3.16. The van der Waals surface area contributed by atoms with Crippen molar-refractivity contribution >= 4 is 33.0 Å². The lowest BCUT2D eigenvalue weighted by molar-refractivity contribution is 0.102. The van der Waals surface area contributed by atoms with Gasteiger partial charge in [0.15, 0.2) is 5.69 Å². The summed E-state index contributed by atoms with van der Waals surface area (Å²) in [6.07, 6.45) is 3.95. The molecule has 31 heavy (non-hydrogen) atoms. The maximum absolute atomic E-state index is 13.3. The quantitative estimate of drug-likeness (QED) is 0.524. The third kappa shape index (κ3) is 3.31. The molecule has 4 aromatic rings. The largest absolute Gasteiger partial charge is 0.311 e. The first kappa shape index (κ1) is 19.2. The lowest BCUT2D eigenvalue weighted by Gasteiger charge is -2.11. The SMILES string of the molecule is N#Cc1c(NC(=O)c2nn(-c3ccccc3)c(=O)c3ccccc23)sc2c1CCCC2. The molecule has 0 spiro atoms. The van der Waals surface area contributed by atoms with Crippen molar-refractivity contribution in [1.29, 1.82) is 5.26 Å². The molecule has 7 heteroatoms. The fraction of sp³-hybridized carbons (Fsp3) is 0.167. The monoisotopic (exact) mass is 426 g/mol. The minimum absolute atomic E-state index is 0.148. The number of anilines is 1. The molecular formula is C24H18N4O2S. The van der Waals surface area contributed by atoms with Crippen molar-refractivity contribution in [3.63, 3.8) is 0 Å². The van der Waals surface area contributed by atoms with Gasteiger partial charge in [0.1, 0.15) is 11.1 Å². The molecule has 0 saturated carbocycles. The summed E-state index contributed by atoms with van der Waals surface area (Å²) in [5.74, 6) is -0.434. The molecule has 152 valence electrons. The van der Waals surface area contributed by atoms with E-state index in [1.165, 1.54) is 20.9 Å². The Morgan fingerprint density at radius 3 is 2.52 bits per heavy atom. The Balaban J connectivity index is 1.63. The summed E-state index contributed by atoms with van der Waals surface area (Å²) in [5, 5.41) is 18.5. The van der Waals surface area contributed by atoms with Crippen LogP contribution in [0.15, 0.2) is 59.4 Å². The van der Waals surface area contributed by atoms with Gasteiger partial charge in [0, 0.05) is 10.3 Å². The van der Waals surface area contributed by atoms with Gasteiger partial charge >= 0.3 is 0 Å². The van der Waals surface area contributed by atoms with Crippen LogP contribution in [-0.2, 0) is 12.8 Å². The Bertz CT molecular complexity index is 1410. The summed E-state index contributed by atoms with van der Waals surface area (Å²) in [6.45, 7) is 0. The second kappa shape index (κ2) is 7.82. The molecule has 0 aliphatic heterocycles. The average molecular weight is 427 g/mol. The third-order valence-corrected chi connectivity index (χ3v) is 6.74. The molecule has 1 amide bonds. The number of para-hydroxylation sites is 1. The predicted octanol–water partition coefficient (Wildman–Crippen LogP) is 4.45. The van der Waals surface area contributed by atoms with Crippen molar-refractivity contribution in [3.8, 4) is 11.8 Å². The summed E-state index contributed by atoms with van der Waals surface area (Å²) >= 11 is 1.47. The van der Waals surface area contributed by atoms with Crippen LogP contribution in [0.2, 0.25) is 0 Å². The van der Waals surface area contributed by atoms with Gasteiger partial charge in [0.2, 0.25) is 0 Å². The van der Waals surface area contributed by atoms with E-state index < -0.39 is 5.91 Å². The number of amides is 1. The minimum atomic E-state index is -0.434. The number of hydrogen-bond donors (Lipinski definition) is 1. The molecule has 0 atom stereocenters. The number of hydrogen-bond acceptors (Lipinski definition) is 5. The summed E-state index contributed by atoms with van der Waals surface area (Å²) in [6, 6.07) is 18.2. The molecule has 0 fully saturated rings. The Hall–Kier alpha value is -3.76. The van der Waals surface area contributed by atoms with Crippen LogP contribution in [0.5, 0.6) is 0 Å². The van der Waals surface area contributed by atoms with Crippen LogP contribution in [0.3, 0.4) is 0 Å². The van der Waals surface area contributed by atoms with Crippen LogP contribution in [0.4, 0.5) is 5.00 Å². The van der Waals surface area contributed by atoms with E-state index in [0.717, 1.165) is 31.2 Å². The molecule has 0 bridgehead atoms. The van der Waals surface area contributed by atoms with Crippen LogP contribution in [0.25, 0.3) is 16.5 Å². The molecule has 0 saturated heterocycles. The predicted molar refractivity (Wildman–Crippen MR) is 121 cm³/mol. The van der Waals surface area contributed by atoms with Crippen LogP contribution in [0.1, 0.15) is 39.3 Å². The van der Waals surface area contributed by atoms with Gasteiger partial charge in [-0.2, -0.15) is 15.0 Å². The first-order valence-electron chi connectivity index (χ1n) is 10.1. The van der Waals surface area contributed by atoms with Gasteiger partial charge in [-0.3, -0.25) is 9.59 Å². The Kier molecular flexibility index (Phi) is 4.85. The smallest absolute Gasteiger partial charge is 0.279 e. The van der Waals surface area contributed by atoms with Gasteiger partial charge in [-0.05, 0) is 49.4 Å². The number of benzene rings is 2. The van der Waals surface area contributed by atoms with Gasteiger partial charge in [-0.15, -0.1) is 11.3 Å². The van der Waals surface area contributed by atoms with E-state index in [-0.39, 0.29) is 11.3 Å². The van der Waals surface area contributed by atoms with E-state index in [9.17, 15) is 14.9 Å². The standard InChI is InChI=1S/C24H18N4O2S/c25-14-19-16-10-6-7-13-20(16)31-23(19)26-22(29)21-17-11-4-5-12-18(17)24(30)28(27-21)15-8-2-1-3-9-15/h1-5,8-9,11-12H,6-7,10,13H2,(H,26,29). The molecule has 1 N–H and O–H groups in total. The summed E-state index contributed by atoms with van der Waals surface area (Å²) < 4.78 is 1.25. The summed E-state index contributed by atoms with van der Waals surface area (Å²) in [5.41, 5.74) is 2.04. The zero-order valence-corrected chi connectivity index (χ0v) is 17.4. The topological polar surface area (TPSA) is 87.8 Å². The maximum atomic E-state index is 13.3. The van der Waals surface area contributed by atoms with E-state index in [2.05, 4.69) is 16.5 Å². The zero-order chi connectivity index (χ0) is 21.4. The Morgan fingerprint density at radius 1 is 1.03 bits per heavy atom. The maximum Gasteiger partial charge on any atom is 0.279 e. The highest BCUT2D eigenvalue weighted by atomic mass is 32.1. The molecule has 0 unspecified atom stereocenters. The van der Waals surface area contributed by atoms with Gasteiger partial charge in [-0.1, -0.05) is 36.4 Å². The fourth-order valence-corrected chi connectivity index (χ4v) is 5.27. The minimum Gasteiger partial charge on any atom is -0.311 e. The molecule has 1 aliphatic rings. The number of aryl methyl sites for hydroxylation is 1. The summed E-state index contributed by atoms with van der Waals surface area (Å²) in [7, 11) is 0. The van der Waals surface area contributed by atoms with E-state index in [4.69, 9.17) is 0 Å². The highest BCUT2D eigenvalue weighted by molar-refractivity contribution is 7.16. The number of fused-ring (bicyclic) bond motifs is 2. The number of carbonyl (C=O) groups excluding carboxylic acids is 1. The van der Waals surface area contributed by atoms with Crippen molar-refractivity contribution in [2.24, 2.45) is 0 Å². The highest BCUT2D eigenvalue weighted by Crippen LogP contribution is 2.37. The van der Waals surface area contributed by atoms with Crippen molar-refractivity contribution in [3.05, 3.63) is 86.6 Å². The Morgan fingerprint density at radius 2 is 1.74 bits per heavy atom. The number of rotatable bonds is 3. The van der Waals surface area contributed by atoms with Crippen LogP contribution >= 0.6 is 11.3 Å². The van der Waals surface area contributed by atoms with Gasteiger partial charge in [0.25, 0.3) is 11.5 Å². The van der Waals surface area contributed by atoms with Crippen molar-refractivity contribution in [1.82, 2.24) is 9.78 Å². The van der Waals surface area contributed by atoms with Crippen LogP contribution in [0, 0.1) is 11.3 Å². The molecule has 2 heterocycles. The second-order valence-corrected chi connectivity index (χ2v) is 8.53. The fourth-order valence-electron chi connectivity index (χ4n) is 4.04. The van der Waals surface area contributed by atoms with Gasteiger partial charge in [0.05, 0.1) is 16.6 Å². The van der Waals surface area contributed by atoms with Crippen molar-refractivity contribution < 1.29 is 4.79 Å². The van der Waals surface area contributed by atoms with Crippen LogP contribution < -0.4 is 10.9 Å². The van der Waals surface area contributed by atoms with Crippen LogP contribution in [-0.4, -0.2) is 15.7 Å². The Labute approximate surface area is 182 Å². The number of thiophene rings is 1. The van der Waals surface area contributed by atoms with Gasteiger partial charge < -0.3 is 5.32 Å². The highest BCUT2D eigenvalue weighted by Gasteiger charge is 2.24. The first-order valence-corrected chi connectivity index (χ1v) is 10.9. The van der Waals surface area contributed by atoms with Gasteiger partial charge in [-0.25, -0.2) is 0 Å². The van der Waals surface area contributed by atoms with E-state index in [1.54, 1.807) is 36.4 Å². The molecular weight excluding hydrogens is 408 g/mol. The lowest BCUT2D eigenvalue weighted by atomic mass is 9.96. The molecule has 2 aromatic heterocycles. The number of nitrogens with one attached hydrogen (secondary N) is 1. The molecule has 5 rings (SSSR count). The van der Waals surface area contributed by atoms with E-state index in [0.29, 0.717) is 27.0 Å². The van der Waals surface area contributed by atoms with Crippen molar-refractivity contribution in [2.75, 3.05) is 5.32 Å². The normalized spacial score (nSPS) is 12.9. The zero-order valence-electron chi connectivity index (χ0n) is 16.6. The molecule has 2 aromatic carbocycles. The van der Waals surface area contributed by atoms with E-state index >= 15 is 0 Å². The number of nitrogens with zero attached hydrogens (tertiary/aromatic N) is 3. The first-order chi connectivity index (χ1) is 15.2. The van der Waals surface area contributed by atoms with E-state index in [1.807, 2.05) is 18.2 Å². The third-order valence-electron chi connectivity index (χ3n) is 5.53. The second-order valence-electron chi connectivity index (χ2n) is 7.43. The number of aromatic nitrogens is 2. The lowest BCUT2D eigenvalue weighted by Crippen LogP contribution is -2.26. The molecule has 1 aliphatic carbocycles. The molecule has 6 nitrogen and oxygen atoms in total. The molecule has 0 radical (unpaired) electrons. The summed E-state index contributed by atoms with van der Waals surface area (Å²) in [4.78, 5) is 27.5. The van der Waals surface area contributed by atoms with Crippen molar-refractivity contribution in [2.45, 2.75) is 25.7 Å².